The van der Waals surface area contributed by atoms with E-state index in [1.165, 1.54) is 6.07 Å². The van der Waals surface area contributed by atoms with Crippen LogP contribution in [0.1, 0.15) is 0 Å². The predicted octanol–water partition coefficient (Wildman–Crippen LogP) is 1.03. The lowest BCUT2D eigenvalue weighted by Crippen LogP contribution is -2.28. The molecule has 0 bridgehead atoms. The van der Waals surface area contributed by atoms with Crippen molar-refractivity contribution >= 4 is 38.7 Å². The highest BCUT2D eigenvalue weighted by Gasteiger charge is 2.18. The lowest BCUT2D eigenvalue weighted by atomic mass is 10.1. The molecule has 0 saturated heterocycles. The minimum Gasteiger partial charge on any atom is -0.456 e. The van der Waals surface area contributed by atoms with Gasteiger partial charge in [-0.2, -0.15) is 4.79 Å². The van der Waals surface area contributed by atoms with Gasteiger partial charge in [0.25, 0.3) is 0 Å². The average Bonchev–Trinajstić information content (AvgIpc) is 2.57. The van der Waals surface area contributed by atoms with E-state index < -0.39 is 16.0 Å². The average molecular weight is 362 g/mol. The van der Waals surface area contributed by atoms with E-state index in [1.807, 2.05) is 31.1 Å². The third-order valence-corrected chi connectivity index (χ3v) is 4.95. The maximum Gasteiger partial charge on any atom is 0.413 e. The van der Waals surface area contributed by atoms with Gasteiger partial charge in [-0.15, -0.1) is 0 Å². The Balaban J connectivity index is 2.23. The van der Waals surface area contributed by atoms with Crippen LogP contribution in [0.4, 0.5) is 5.69 Å². The Labute approximate surface area is 145 Å². The molecule has 2 aromatic rings. The summed E-state index contributed by atoms with van der Waals surface area (Å²) in [5.41, 5.74) is 9.10. The van der Waals surface area contributed by atoms with E-state index in [4.69, 9.17) is 5.53 Å². The molecule has 0 aromatic heterocycles. The number of carbonyl (C=O) groups excluding carboxylic acids is 1. The zero-order valence-corrected chi connectivity index (χ0v) is 14.7. The summed E-state index contributed by atoms with van der Waals surface area (Å²) in [6.07, 6.45) is 0.585. The fourth-order valence-electron chi connectivity index (χ4n) is 2.38. The monoisotopic (exact) mass is 362 g/mol. The molecule has 0 radical (unpaired) electrons. The number of nitrogens with zero attached hydrogens (tertiary/aromatic N) is 3. The van der Waals surface area contributed by atoms with Gasteiger partial charge in [-0.25, -0.2) is 17.9 Å². The lowest BCUT2D eigenvalue weighted by Gasteiger charge is -2.17. The van der Waals surface area contributed by atoms with Gasteiger partial charge in [0.2, 0.25) is 10.0 Å². The molecule has 8 nitrogen and oxygen atoms in total. The third-order valence-electron chi connectivity index (χ3n) is 3.43. The number of nitrogens with one attached hydrogen (secondary N) is 1. The summed E-state index contributed by atoms with van der Waals surface area (Å²) in [6, 6.07) is 10.5. The predicted molar refractivity (Wildman–Crippen MR) is 94.1 cm³/mol. The van der Waals surface area contributed by atoms with Crippen molar-refractivity contribution in [2.45, 2.75) is 4.90 Å². The Morgan fingerprint density at radius 3 is 2.60 bits per heavy atom. The van der Waals surface area contributed by atoms with E-state index in [0.717, 1.165) is 11.1 Å². The third kappa shape index (κ3) is 4.42. The molecule has 132 valence electrons. The van der Waals surface area contributed by atoms with E-state index in [1.54, 1.807) is 18.2 Å². The molecule has 0 atom stereocenters. The maximum atomic E-state index is 12.6. The second-order valence-corrected chi connectivity index (χ2v) is 7.07. The van der Waals surface area contributed by atoms with Gasteiger partial charge in [0, 0.05) is 37.1 Å². The van der Waals surface area contributed by atoms with Gasteiger partial charge in [0.05, 0.1) is 4.90 Å². The first kappa shape index (κ1) is 18.6. The number of fused-ring (bicyclic) bond motifs is 1. The van der Waals surface area contributed by atoms with E-state index in [9.17, 15) is 13.2 Å². The van der Waals surface area contributed by atoms with Gasteiger partial charge < -0.3 is 15.2 Å². The minimum absolute atomic E-state index is 0.100. The number of carbonyl (C=O) groups is 1. The van der Waals surface area contributed by atoms with Crippen LogP contribution in [0.25, 0.3) is 16.3 Å². The first-order valence-electron chi connectivity index (χ1n) is 7.40. The van der Waals surface area contributed by atoms with Crippen LogP contribution in [0.5, 0.6) is 0 Å². The molecule has 2 rings (SSSR count). The molecule has 0 heterocycles. The molecule has 0 aliphatic heterocycles. The zero-order valence-electron chi connectivity index (χ0n) is 13.8. The zero-order chi connectivity index (χ0) is 18.4. The van der Waals surface area contributed by atoms with Gasteiger partial charge in [0.1, 0.15) is 6.61 Å². The van der Waals surface area contributed by atoms with E-state index >= 15 is 0 Å². The second kappa shape index (κ2) is 7.89. The van der Waals surface area contributed by atoms with Gasteiger partial charge in [-0.3, -0.25) is 0 Å². The van der Waals surface area contributed by atoms with Crippen molar-refractivity contribution in [1.29, 1.82) is 0 Å². The molecule has 0 spiro atoms. The topological polar surface area (TPSA) is 112 Å². The second-order valence-electron chi connectivity index (χ2n) is 5.33. The minimum atomic E-state index is -3.78. The normalized spacial score (nSPS) is 11.0. The summed E-state index contributed by atoms with van der Waals surface area (Å²) in [6.45, 7) is -0.283. The standard InChI is InChI=1S/C16H18N4O4S/c1-20(2)14-7-3-6-13-12(14)5-4-8-15(13)25(22,23)19-9-10-24-16(21)11-18-17/h3-8,11,19H,9-10H2,1-2H3. The molecule has 25 heavy (non-hydrogen) atoms. The van der Waals surface area contributed by atoms with Gasteiger partial charge in [0.15, 0.2) is 0 Å². The highest BCUT2D eigenvalue weighted by Crippen LogP contribution is 2.29. The molecule has 0 unspecified atom stereocenters. The maximum absolute atomic E-state index is 12.6. The Bertz CT molecular complexity index is 934. The number of anilines is 1. The van der Waals surface area contributed by atoms with Crippen molar-refractivity contribution in [2.75, 3.05) is 32.1 Å². The number of esters is 1. The van der Waals surface area contributed by atoms with Gasteiger partial charge in [-0.05, 0) is 12.1 Å². The van der Waals surface area contributed by atoms with Crippen molar-refractivity contribution in [1.82, 2.24) is 4.72 Å². The smallest absolute Gasteiger partial charge is 0.413 e. The van der Waals surface area contributed by atoms with Crippen LogP contribution in [0, 0.1) is 0 Å². The molecule has 0 saturated carbocycles. The molecule has 0 aliphatic carbocycles. The van der Waals surface area contributed by atoms with Crippen molar-refractivity contribution in [3.05, 3.63) is 41.9 Å². The molecule has 9 heteroatoms. The number of sulfonamides is 1. The summed E-state index contributed by atoms with van der Waals surface area (Å²) in [4.78, 5) is 15.6. The Hall–Kier alpha value is -2.74. The van der Waals surface area contributed by atoms with Crippen molar-refractivity contribution < 1.29 is 22.7 Å². The fraction of sp³-hybridized carbons (Fsp3) is 0.250. The summed E-state index contributed by atoms with van der Waals surface area (Å²) in [5.74, 6) is -0.859. The highest BCUT2D eigenvalue weighted by atomic mass is 32.2. The number of ether oxygens (including phenoxy) is 1. The van der Waals surface area contributed by atoms with E-state index in [2.05, 4.69) is 14.2 Å². The van der Waals surface area contributed by atoms with Gasteiger partial charge >= 0.3 is 12.2 Å². The molecule has 0 amide bonds. The van der Waals surface area contributed by atoms with E-state index in [-0.39, 0.29) is 18.0 Å². The lowest BCUT2D eigenvalue weighted by molar-refractivity contribution is -0.138. The van der Waals surface area contributed by atoms with Crippen LogP contribution >= 0.6 is 0 Å². The van der Waals surface area contributed by atoms with Crippen LogP contribution in [-0.4, -0.2) is 52.6 Å². The van der Waals surface area contributed by atoms with E-state index in [0.29, 0.717) is 11.6 Å². The van der Waals surface area contributed by atoms with Crippen LogP contribution in [0.15, 0.2) is 41.3 Å². The Kier molecular flexibility index (Phi) is 5.87. The van der Waals surface area contributed by atoms with Crippen LogP contribution in [0.3, 0.4) is 0 Å². The highest BCUT2D eigenvalue weighted by molar-refractivity contribution is 7.89. The van der Waals surface area contributed by atoms with Gasteiger partial charge in [-0.1, -0.05) is 24.3 Å². The van der Waals surface area contributed by atoms with Crippen molar-refractivity contribution in [2.24, 2.45) is 0 Å². The first-order chi connectivity index (χ1) is 11.9. The molecule has 1 N–H and O–H groups in total. The number of hydrogen-bond acceptors (Lipinski definition) is 5. The van der Waals surface area contributed by atoms with Crippen molar-refractivity contribution in [3.63, 3.8) is 0 Å². The molecular weight excluding hydrogens is 344 g/mol. The van der Waals surface area contributed by atoms with Crippen molar-refractivity contribution in [3.8, 4) is 0 Å². The first-order valence-corrected chi connectivity index (χ1v) is 8.88. The Morgan fingerprint density at radius 1 is 1.24 bits per heavy atom. The molecule has 2 aromatic carbocycles. The number of hydrogen-bond donors (Lipinski definition) is 1. The summed E-state index contributed by atoms with van der Waals surface area (Å²) >= 11 is 0. The summed E-state index contributed by atoms with van der Waals surface area (Å²) < 4.78 is 32.2. The summed E-state index contributed by atoms with van der Waals surface area (Å²) in [7, 11) is -0.00814. The molecular formula is C16H18N4O4S. The van der Waals surface area contributed by atoms with Crippen LogP contribution < -0.4 is 9.62 Å². The van der Waals surface area contributed by atoms with Crippen LogP contribution in [0.2, 0.25) is 0 Å². The fourth-order valence-corrected chi connectivity index (χ4v) is 3.61. The molecule has 0 aliphatic rings. The largest absolute Gasteiger partial charge is 0.456 e. The summed E-state index contributed by atoms with van der Waals surface area (Å²) in [5, 5.41) is 1.42. The SMILES string of the molecule is CN(C)c1cccc2c(S(=O)(=O)NCCOC(=O)C=[N+]=[N-])cccc12. The number of benzene rings is 2. The number of rotatable bonds is 7. The molecule has 0 fully saturated rings. The Morgan fingerprint density at radius 2 is 1.92 bits per heavy atom. The quantitative estimate of drug-likeness (QED) is 0.260. The van der Waals surface area contributed by atoms with Crippen LogP contribution in [-0.2, 0) is 19.6 Å².